The second-order valence-corrected chi connectivity index (χ2v) is 4.06. The van der Waals surface area contributed by atoms with Crippen LogP contribution in [0.15, 0.2) is 23.8 Å². The maximum atomic E-state index is 3.40. The van der Waals surface area contributed by atoms with E-state index in [1.165, 1.54) is 5.57 Å². The van der Waals surface area contributed by atoms with E-state index in [9.17, 15) is 0 Å². The van der Waals surface area contributed by atoms with Gasteiger partial charge in [0, 0.05) is 0 Å². The average Bonchev–Trinajstić information content (AvgIpc) is 2.01. The number of hydrogen-bond acceptors (Lipinski definition) is 1. The van der Waals surface area contributed by atoms with Gasteiger partial charge >= 0.3 is 0 Å². The number of nitrogens with one attached hydrogen (secondary N) is 1. The van der Waals surface area contributed by atoms with Crippen molar-refractivity contribution < 1.29 is 0 Å². The molecule has 0 atom stereocenters. The van der Waals surface area contributed by atoms with Gasteiger partial charge in [0.15, 0.2) is 0 Å². The minimum atomic E-state index is 0.752. The molecule has 0 heterocycles. The fraction of sp³-hybridized carbons (Fsp3) is 0.667. The second kappa shape index (κ2) is 8.06. The van der Waals surface area contributed by atoms with E-state index in [2.05, 4.69) is 51.2 Å². The van der Waals surface area contributed by atoms with Crippen molar-refractivity contribution in [1.82, 2.24) is 5.32 Å². The summed E-state index contributed by atoms with van der Waals surface area (Å²) in [5, 5.41) is 3.40. The van der Waals surface area contributed by atoms with Crippen LogP contribution < -0.4 is 5.32 Å². The Morgan fingerprint density at radius 2 is 2.00 bits per heavy atom. The van der Waals surface area contributed by atoms with Gasteiger partial charge in [-0.3, -0.25) is 0 Å². The van der Waals surface area contributed by atoms with E-state index in [0.29, 0.717) is 0 Å². The van der Waals surface area contributed by atoms with Crippen LogP contribution >= 0.6 is 0 Å². The van der Waals surface area contributed by atoms with Crippen molar-refractivity contribution in [2.45, 2.75) is 34.1 Å². The lowest BCUT2D eigenvalue weighted by Gasteiger charge is -2.04. The van der Waals surface area contributed by atoms with Crippen molar-refractivity contribution in [2.75, 3.05) is 13.1 Å². The van der Waals surface area contributed by atoms with Gasteiger partial charge in [-0.1, -0.05) is 37.6 Å². The summed E-state index contributed by atoms with van der Waals surface area (Å²) in [6.45, 7) is 10.9. The van der Waals surface area contributed by atoms with Crippen LogP contribution in [0, 0.1) is 5.92 Å². The van der Waals surface area contributed by atoms with Crippen molar-refractivity contribution in [3.05, 3.63) is 23.8 Å². The molecule has 0 spiro atoms. The highest BCUT2D eigenvalue weighted by Crippen LogP contribution is 1.91. The summed E-state index contributed by atoms with van der Waals surface area (Å²) in [5.74, 6) is 0.752. The molecule has 1 heteroatoms. The minimum absolute atomic E-state index is 0.752. The molecular weight excluding hydrogens is 158 g/mol. The zero-order valence-electron chi connectivity index (χ0n) is 9.43. The van der Waals surface area contributed by atoms with Gasteiger partial charge in [0.2, 0.25) is 0 Å². The highest BCUT2D eigenvalue weighted by Gasteiger charge is 1.89. The Labute approximate surface area is 82.9 Å². The Bertz CT molecular complexity index is 162. The molecule has 0 saturated heterocycles. The lowest BCUT2D eigenvalue weighted by atomic mass is 10.2. The van der Waals surface area contributed by atoms with E-state index in [4.69, 9.17) is 0 Å². The molecule has 0 aromatic carbocycles. The van der Waals surface area contributed by atoms with E-state index in [1.807, 2.05) is 0 Å². The molecule has 76 valence electrons. The lowest BCUT2D eigenvalue weighted by Crippen LogP contribution is -2.20. The van der Waals surface area contributed by atoms with Crippen molar-refractivity contribution in [3.8, 4) is 0 Å². The molecule has 0 aromatic rings. The van der Waals surface area contributed by atoms with Crippen molar-refractivity contribution in [2.24, 2.45) is 5.92 Å². The number of rotatable bonds is 6. The molecule has 0 amide bonds. The summed E-state index contributed by atoms with van der Waals surface area (Å²) < 4.78 is 0. The van der Waals surface area contributed by atoms with Gasteiger partial charge in [-0.2, -0.15) is 0 Å². The SMILES string of the molecule is CC(C)=CC=CCCNCC(C)C. The lowest BCUT2D eigenvalue weighted by molar-refractivity contribution is 0.557. The highest BCUT2D eigenvalue weighted by atomic mass is 14.8. The minimum Gasteiger partial charge on any atom is -0.316 e. The Kier molecular flexibility index (Phi) is 7.71. The molecule has 1 N–H and O–H groups in total. The van der Waals surface area contributed by atoms with Gasteiger partial charge in [0.05, 0.1) is 0 Å². The molecule has 0 aliphatic rings. The summed E-state index contributed by atoms with van der Waals surface area (Å²) in [4.78, 5) is 0. The van der Waals surface area contributed by atoms with Crippen LogP contribution in [0.2, 0.25) is 0 Å². The summed E-state index contributed by atoms with van der Waals surface area (Å²) in [6.07, 6.45) is 7.60. The molecule has 0 aromatic heterocycles. The van der Waals surface area contributed by atoms with E-state index < -0.39 is 0 Å². The van der Waals surface area contributed by atoms with Crippen LogP contribution in [0.3, 0.4) is 0 Å². The molecule has 0 unspecified atom stereocenters. The van der Waals surface area contributed by atoms with Gasteiger partial charge in [-0.25, -0.2) is 0 Å². The van der Waals surface area contributed by atoms with Gasteiger partial charge < -0.3 is 5.32 Å². The third-order valence-corrected chi connectivity index (χ3v) is 1.61. The maximum Gasteiger partial charge on any atom is -0.00140 e. The third-order valence-electron chi connectivity index (χ3n) is 1.61. The predicted molar refractivity (Wildman–Crippen MR) is 60.9 cm³/mol. The highest BCUT2D eigenvalue weighted by molar-refractivity contribution is 5.08. The standard InChI is InChI=1S/C12H23N/c1-11(2)8-6-5-7-9-13-10-12(3)4/h5-6,8,12-13H,7,9-10H2,1-4H3. The predicted octanol–water partition coefficient (Wildman–Crippen LogP) is 3.14. The van der Waals surface area contributed by atoms with Crippen molar-refractivity contribution in [3.63, 3.8) is 0 Å². The quantitative estimate of drug-likeness (QED) is 0.490. The molecule has 0 bridgehead atoms. The third kappa shape index (κ3) is 11.4. The van der Waals surface area contributed by atoms with Gasteiger partial charge in [-0.05, 0) is 39.3 Å². The normalized spacial score (nSPS) is 11.2. The summed E-state index contributed by atoms with van der Waals surface area (Å²) >= 11 is 0. The van der Waals surface area contributed by atoms with E-state index in [-0.39, 0.29) is 0 Å². The first-order chi connectivity index (χ1) is 6.13. The monoisotopic (exact) mass is 181 g/mol. The van der Waals surface area contributed by atoms with E-state index >= 15 is 0 Å². The summed E-state index contributed by atoms with van der Waals surface area (Å²) in [5.41, 5.74) is 1.35. The van der Waals surface area contributed by atoms with Crippen LogP contribution in [0.25, 0.3) is 0 Å². The first kappa shape index (κ1) is 12.4. The van der Waals surface area contributed by atoms with Crippen LogP contribution in [-0.4, -0.2) is 13.1 Å². The number of allylic oxidation sites excluding steroid dienone is 3. The molecule has 1 nitrogen and oxygen atoms in total. The maximum absolute atomic E-state index is 3.40. The average molecular weight is 181 g/mol. The Morgan fingerprint density at radius 1 is 1.31 bits per heavy atom. The largest absolute Gasteiger partial charge is 0.316 e. The van der Waals surface area contributed by atoms with Gasteiger partial charge in [-0.15, -0.1) is 0 Å². The Hall–Kier alpha value is -0.560. The van der Waals surface area contributed by atoms with Gasteiger partial charge in [0.25, 0.3) is 0 Å². The topological polar surface area (TPSA) is 12.0 Å². The second-order valence-electron chi connectivity index (χ2n) is 4.06. The van der Waals surface area contributed by atoms with Gasteiger partial charge in [0.1, 0.15) is 0 Å². The van der Waals surface area contributed by atoms with Crippen LogP contribution in [0.4, 0.5) is 0 Å². The molecule has 0 radical (unpaired) electrons. The van der Waals surface area contributed by atoms with Crippen LogP contribution in [0.1, 0.15) is 34.1 Å². The van der Waals surface area contributed by atoms with Crippen LogP contribution in [0.5, 0.6) is 0 Å². The zero-order valence-corrected chi connectivity index (χ0v) is 9.43. The molecule has 0 rings (SSSR count). The van der Waals surface area contributed by atoms with Crippen LogP contribution in [-0.2, 0) is 0 Å². The molecular formula is C12H23N. The molecule has 0 aliphatic heterocycles. The molecule has 0 fully saturated rings. The van der Waals surface area contributed by atoms with Crippen molar-refractivity contribution >= 4 is 0 Å². The van der Waals surface area contributed by atoms with E-state index in [0.717, 1.165) is 25.4 Å². The number of hydrogen-bond donors (Lipinski definition) is 1. The Balaban J connectivity index is 3.26. The summed E-state index contributed by atoms with van der Waals surface area (Å²) in [7, 11) is 0. The zero-order chi connectivity index (χ0) is 10.1. The molecule has 13 heavy (non-hydrogen) atoms. The van der Waals surface area contributed by atoms with Crippen molar-refractivity contribution in [1.29, 1.82) is 0 Å². The summed E-state index contributed by atoms with van der Waals surface area (Å²) in [6, 6.07) is 0. The Morgan fingerprint density at radius 3 is 2.54 bits per heavy atom. The molecule has 0 aliphatic carbocycles. The van der Waals surface area contributed by atoms with E-state index in [1.54, 1.807) is 0 Å². The smallest absolute Gasteiger partial charge is 0.00140 e. The fourth-order valence-corrected chi connectivity index (χ4v) is 0.933. The first-order valence-corrected chi connectivity index (χ1v) is 5.13. The first-order valence-electron chi connectivity index (χ1n) is 5.13. The molecule has 0 saturated carbocycles. The fourth-order valence-electron chi connectivity index (χ4n) is 0.933.